The lowest BCUT2D eigenvalue weighted by molar-refractivity contribution is 0.0696. The molecule has 0 amide bonds. The predicted molar refractivity (Wildman–Crippen MR) is 78.4 cm³/mol. The number of halogens is 1. The van der Waals surface area contributed by atoms with Gasteiger partial charge in [0.15, 0.2) is 0 Å². The van der Waals surface area contributed by atoms with Gasteiger partial charge in [0.2, 0.25) is 10.0 Å². The molecule has 1 aromatic rings. The molecule has 1 aliphatic carbocycles. The summed E-state index contributed by atoms with van der Waals surface area (Å²) in [6, 6.07) is 2.67. The zero-order valence-electron chi connectivity index (χ0n) is 11.3. The third-order valence-electron chi connectivity index (χ3n) is 3.79. The van der Waals surface area contributed by atoms with Crippen molar-refractivity contribution in [2.75, 3.05) is 7.05 Å². The Morgan fingerprint density at radius 2 is 2.00 bits per heavy atom. The van der Waals surface area contributed by atoms with Crippen molar-refractivity contribution >= 4 is 31.9 Å². The molecule has 0 heterocycles. The van der Waals surface area contributed by atoms with Gasteiger partial charge in [-0.2, -0.15) is 4.31 Å². The van der Waals surface area contributed by atoms with E-state index in [1.54, 1.807) is 14.0 Å². The van der Waals surface area contributed by atoms with Crippen LogP contribution in [0.4, 0.5) is 0 Å². The Morgan fingerprint density at radius 3 is 2.45 bits per heavy atom. The van der Waals surface area contributed by atoms with Gasteiger partial charge < -0.3 is 5.11 Å². The smallest absolute Gasteiger partial charge is 0.335 e. The van der Waals surface area contributed by atoms with Crippen molar-refractivity contribution in [2.45, 2.75) is 37.1 Å². The first-order valence-corrected chi connectivity index (χ1v) is 8.50. The number of nitrogens with zero attached hydrogens (tertiary/aromatic N) is 1. The van der Waals surface area contributed by atoms with Gasteiger partial charge >= 0.3 is 5.97 Å². The molecule has 0 unspecified atom stereocenters. The number of benzene rings is 1. The number of carbonyl (C=O) groups is 1. The molecule has 1 N–H and O–H groups in total. The van der Waals surface area contributed by atoms with E-state index >= 15 is 0 Å². The van der Waals surface area contributed by atoms with Crippen LogP contribution in [0.2, 0.25) is 0 Å². The molecule has 0 radical (unpaired) electrons. The van der Waals surface area contributed by atoms with E-state index in [4.69, 9.17) is 5.11 Å². The fraction of sp³-hybridized carbons (Fsp3) is 0.462. The molecular weight excluding hydrogens is 346 g/mol. The highest BCUT2D eigenvalue weighted by molar-refractivity contribution is 9.10. The van der Waals surface area contributed by atoms with Gasteiger partial charge in [0.1, 0.15) is 0 Å². The highest BCUT2D eigenvalue weighted by Crippen LogP contribution is 2.32. The van der Waals surface area contributed by atoms with Crippen LogP contribution in [0.3, 0.4) is 0 Å². The molecule has 1 aliphatic rings. The van der Waals surface area contributed by atoms with Gasteiger partial charge in [-0.25, -0.2) is 13.2 Å². The minimum absolute atomic E-state index is 0.0201. The lowest BCUT2D eigenvalue weighted by atomic mass is 9.94. The van der Waals surface area contributed by atoms with Gasteiger partial charge in [0, 0.05) is 17.6 Å². The maximum atomic E-state index is 12.6. The predicted octanol–water partition coefficient (Wildman–Crippen LogP) is 2.63. The largest absolute Gasteiger partial charge is 0.478 e. The van der Waals surface area contributed by atoms with Crippen molar-refractivity contribution in [1.82, 2.24) is 4.31 Å². The second-order valence-electron chi connectivity index (χ2n) is 4.99. The number of carboxylic acids is 1. The van der Waals surface area contributed by atoms with E-state index in [1.165, 1.54) is 16.4 Å². The van der Waals surface area contributed by atoms with Crippen LogP contribution in [0.1, 0.15) is 35.2 Å². The van der Waals surface area contributed by atoms with Crippen molar-refractivity contribution in [2.24, 2.45) is 0 Å². The van der Waals surface area contributed by atoms with Gasteiger partial charge in [-0.3, -0.25) is 0 Å². The molecule has 110 valence electrons. The second-order valence-corrected chi connectivity index (χ2v) is 7.81. The van der Waals surface area contributed by atoms with Crippen molar-refractivity contribution in [3.05, 3.63) is 27.7 Å². The quantitative estimate of drug-likeness (QED) is 0.894. The molecule has 1 aromatic carbocycles. The van der Waals surface area contributed by atoms with Crippen LogP contribution in [0.15, 0.2) is 21.5 Å². The number of sulfonamides is 1. The summed E-state index contributed by atoms with van der Waals surface area (Å²) in [4.78, 5) is 11.1. The van der Waals surface area contributed by atoms with Crippen LogP contribution in [0.5, 0.6) is 0 Å². The van der Waals surface area contributed by atoms with Gasteiger partial charge in [-0.15, -0.1) is 0 Å². The molecule has 20 heavy (non-hydrogen) atoms. The fourth-order valence-corrected chi connectivity index (χ4v) is 4.42. The Hall–Kier alpha value is -0.920. The Balaban J connectivity index is 2.52. The maximum absolute atomic E-state index is 12.6. The minimum Gasteiger partial charge on any atom is -0.478 e. The molecule has 0 spiro atoms. The average molecular weight is 362 g/mol. The average Bonchev–Trinajstić information content (AvgIpc) is 2.29. The van der Waals surface area contributed by atoms with Crippen LogP contribution in [-0.2, 0) is 10.0 Å². The monoisotopic (exact) mass is 361 g/mol. The number of hydrogen-bond acceptors (Lipinski definition) is 3. The van der Waals surface area contributed by atoms with Crippen molar-refractivity contribution in [1.29, 1.82) is 0 Å². The molecular formula is C13H16BrNO4S. The standard InChI is InChI=1S/C13H16BrNO4S/c1-8-11(14)6-9(13(16)17)7-12(8)20(18,19)15(2)10-4-3-5-10/h6-7,10H,3-5H2,1-2H3,(H,16,17). The van der Waals surface area contributed by atoms with E-state index in [9.17, 15) is 13.2 Å². The van der Waals surface area contributed by atoms with E-state index in [0.29, 0.717) is 10.0 Å². The summed E-state index contributed by atoms with van der Waals surface area (Å²) < 4.78 is 27.1. The van der Waals surface area contributed by atoms with Crippen LogP contribution in [-0.4, -0.2) is 36.9 Å². The lowest BCUT2D eigenvalue weighted by Crippen LogP contribution is -2.41. The molecule has 0 aliphatic heterocycles. The summed E-state index contributed by atoms with van der Waals surface area (Å²) in [5, 5.41) is 9.07. The van der Waals surface area contributed by atoms with E-state index < -0.39 is 16.0 Å². The summed E-state index contributed by atoms with van der Waals surface area (Å²) >= 11 is 3.23. The summed E-state index contributed by atoms with van der Waals surface area (Å²) in [5.74, 6) is -1.14. The van der Waals surface area contributed by atoms with Crippen molar-refractivity contribution in [3.63, 3.8) is 0 Å². The SMILES string of the molecule is Cc1c(Br)cc(C(=O)O)cc1S(=O)(=O)N(C)C1CCC1. The minimum atomic E-state index is -3.67. The Labute approximate surface area is 126 Å². The zero-order valence-corrected chi connectivity index (χ0v) is 13.7. The van der Waals surface area contributed by atoms with Crippen LogP contribution in [0, 0.1) is 6.92 Å². The highest BCUT2D eigenvalue weighted by atomic mass is 79.9. The third-order valence-corrected chi connectivity index (χ3v) is 6.65. The van der Waals surface area contributed by atoms with Gasteiger partial charge in [0.05, 0.1) is 10.5 Å². The van der Waals surface area contributed by atoms with Crippen LogP contribution < -0.4 is 0 Å². The van der Waals surface area contributed by atoms with Gasteiger partial charge in [-0.1, -0.05) is 22.4 Å². The maximum Gasteiger partial charge on any atom is 0.335 e. The van der Waals surface area contributed by atoms with E-state index in [0.717, 1.165) is 19.3 Å². The van der Waals surface area contributed by atoms with E-state index in [1.807, 2.05) is 0 Å². The summed E-state index contributed by atoms with van der Waals surface area (Å²) in [6.07, 6.45) is 2.74. The number of rotatable bonds is 4. The first-order valence-electron chi connectivity index (χ1n) is 6.26. The van der Waals surface area contributed by atoms with Gasteiger partial charge in [-0.05, 0) is 37.5 Å². The van der Waals surface area contributed by atoms with Crippen molar-refractivity contribution < 1.29 is 18.3 Å². The van der Waals surface area contributed by atoms with Gasteiger partial charge in [0.25, 0.3) is 0 Å². The molecule has 2 rings (SSSR count). The molecule has 5 nitrogen and oxygen atoms in total. The normalized spacial score (nSPS) is 16.2. The van der Waals surface area contributed by atoms with Crippen LogP contribution in [0.25, 0.3) is 0 Å². The molecule has 0 saturated heterocycles. The second kappa shape index (κ2) is 5.46. The molecule has 1 fully saturated rings. The topological polar surface area (TPSA) is 74.7 Å². The Morgan fingerprint density at radius 1 is 1.40 bits per heavy atom. The number of aromatic carboxylic acids is 1. The molecule has 0 atom stereocenters. The number of carboxylic acid groups (broad SMARTS) is 1. The molecule has 7 heteroatoms. The highest BCUT2D eigenvalue weighted by Gasteiger charge is 2.33. The van der Waals surface area contributed by atoms with E-state index in [2.05, 4.69) is 15.9 Å². The summed E-state index contributed by atoms with van der Waals surface area (Å²) in [6.45, 7) is 1.66. The molecule has 0 aromatic heterocycles. The lowest BCUT2D eigenvalue weighted by Gasteiger charge is -2.34. The Bertz CT molecular complexity index is 653. The molecule has 0 bridgehead atoms. The summed E-state index contributed by atoms with van der Waals surface area (Å²) in [5.41, 5.74) is 0.490. The van der Waals surface area contributed by atoms with E-state index in [-0.39, 0.29) is 16.5 Å². The summed E-state index contributed by atoms with van der Waals surface area (Å²) in [7, 11) is -2.11. The first kappa shape index (κ1) is 15.5. The zero-order chi connectivity index (χ0) is 15.1. The third kappa shape index (κ3) is 2.62. The Kier molecular flexibility index (Phi) is 4.22. The fourth-order valence-electron chi connectivity index (χ4n) is 2.15. The first-order chi connectivity index (χ1) is 9.25. The number of hydrogen-bond donors (Lipinski definition) is 1. The van der Waals surface area contributed by atoms with Crippen LogP contribution >= 0.6 is 15.9 Å². The van der Waals surface area contributed by atoms with Crippen molar-refractivity contribution in [3.8, 4) is 0 Å². The molecule has 1 saturated carbocycles.